The van der Waals surface area contributed by atoms with Gasteiger partial charge < -0.3 is 16.0 Å². The van der Waals surface area contributed by atoms with Crippen molar-refractivity contribution in [1.82, 2.24) is 10.6 Å². The van der Waals surface area contributed by atoms with Crippen molar-refractivity contribution in [3.63, 3.8) is 0 Å². The summed E-state index contributed by atoms with van der Waals surface area (Å²) in [7, 11) is 1.70. The number of hydrogen-bond donors (Lipinski definition) is 3. The van der Waals surface area contributed by atoms with Crippen LogP contribution in [0.1, 0.15) is 18.4 Å². The van der Waals surface area contributed by atoms with Gasteiger partial charge in [-0.1, -0.05) is 12.0 Å². The summed E-state index contributed by atoms with van der Waals surface area (Å²) < 4.78 is 0. The summed E-state index contributed by atoms with van der Waals surface area (Å²) in [6, 6.07) is 7.21. The number of aliphatic imine (C=N–C) groups is 1. The highest BCUT2D eigenvalue weighted by molar-refractivity contribution is 8.00. The minimum atomic E-state index is -0.141. The number of carbonyl (C=O) groups excluding carboxylic acids is 1. The van der Waals surface area contributed by atoms with Crippen molar-refractivity contribution in [2.24, 2.45) is 4.99 Å². The van der Waals surface area contributed by atoms with E-state index in [0.717, 1.165) is 12.1 Å². The molecular weight excluding hydrogens is 308 g/mol. The molecule has 5 nitrogen and oxygen atoms in total. The minimum absolute atomic E-state index is 0.141. The van der Waals surface area contributed by atoms with Crippen molar-refractivity contribution in [3.8, 4) is 12.3 Å². The lowest BCUT2D eigenvalue weighted by molar-refractivity contribution is -0.115. The maximum atomic E-state index is 12.0. The molecule has 2 rings (SSSR count). The second-order valence-corrected chi connectivity index (χ2v) is 6.62. The first-order valence-corrected chi connectivity index (χ1v) is 8.69. The van der Waals surface area contributed by atoms with E-state index in [1.54, 1.807) is 13.1 Å². The van der Waals surface area contributed by atoms with Gasteiger partial charge in [-0.3, -0.25) is 9.79 Å². The third-order valence-corrected chi connectivity index (χ3v) is 4.87. The van der Waals surface area contributed by atoms with E-state index in [0.29, 0.717) is 16.9 Å². The molecule has 0 radical (unpaired) electrons. The Morgan fingerprint density at radius 2 is 2.35 bits per heavy atom. The van der Waals surface area contributed by atoms with E-state index >= 15 is 0 Å². The molecule has 1 aliphatic rings. The van der Waals surface area contributed by atoms with E-state index < -0.39 is 0 Å². The quantitative estimate of drug-likeness (QED) is 0.436. The van der Waals surface area contributed by atoms with E-state index in [4.69, 9.17) is 6.42 Å². The Morgan fingerprint density at radius 1 is 1.48 bits per heavy atom. The average molecular weight is 330 g/mol. The van der Waals surface area contributed by atoms with Crippen molar-refractivity contribution >= 4 is 29.3 Å². The largest absolute Gasteiger partial charge is 0.355 e. The van der Waals surface area contributed by atoms with Gasteiger partial charge in [-0.2, -0.15) is 11.8 Å². The highest BCUT2D eigenvalue weighted by Gasteiger charge is 2.15. The molecule has 1 fully saturated rings. The van der Waals surface area contributed by atoms with Gasteiger partial charge in [-0.15, -0.1) is 6.42 Å². The van der Waals surface area contributed by atoms with E-state index in [-0.39, 0.29) is 12.5 Å². The molecular formula is C17H22N4OS. The van der Waals surface area contributed by atoms with Gasteiger partial charge in [0.15, 0.2) is 5.96 Å². The summed E-state index contributed by atoms with van der Waals surface area (Å²) in [5.74, 6) is 4.28. The predicted molar refractivity (Wildman–Crippen MR) is 97.9 cm³/mol. The molecule has 3 N–H and O–H groups in total. The molecule has 1 atom stereocenters. The predicted octanol–water partition coefficient (Wildman–Crippen LogP) is 1.67. The van der Waals surface area contributed by atoms with Crippen LogP contribution in [0.2, 0.25) is 0 Å². The van der Waals surface area contributed by atoms with Gasteiger partial charge in [0.2, 0.25) is 5.91 Å². The van der Waals surface area contributed by atoms with Crippen molar-refractivity contribution < 1.29 is 4.79 Å². The first-order chi connectivity index (χ1) is 11.2. The fraction of sp³-hybridized carbons (Fsp3) is 0.412. The fourth-order valence-electron chi connectivity index (χ4n) is 2.29. The zero-order chi connectivity index (χ0) is 16.5. The minimum Gasteiger partial charge on any atom is -0.355 e. The molecule has 0 aromatic heterocycles. The number of rotatable bonds is 5. The van der Waals surface area contributed by atoms with Crippen LogP contribution in [-0.4, -0.2) is 43.0 Å². The van der Waals surface area contributed by atoms with Gasteiger partial charge in [0.1, 0.15) is 0 Å². The maximum Gasteiger partial charge on any atom is 0.243 e. The average Bonchev–Trinajstić information content (AvgIpc) is 3.08. The molecule has 1 aromatic rings. The standard InChI is InChI=1S/C17H22N4OS/c1-3-13-6-4-7-14(10-13)21-16(22)12-20-17(18-2)19-11-15-8-5-9-23-15/h1,4,6-7,10,15H,5,8-9,11-12H2,2H3,(H,21,22)(H2,18,19,20). The number of nitrogens with one attached hydrogen (secondary N) is 3. The van der Waals surface area contributed by atoms with Crippen LogP contribution in [0, 0.1) is 12.3 Å². The van der Waals surface area contributed by atoms with Gasteiger partial charge in [-0.25, -0.2) is 0 Å². The molecule has 0 spiro atoms. The van der Waals surface area contributed by atoms with E-state index in [2.05, 4.69) is 26.9 Å². The van der Waals surface area contributed by atoms with Gasteiger partial charge >= 0.3 is 0 Å². The molecule has 122 valence electrons. The lowest BCUT2D eigenvalue weighted by Crippen LogP contribution is -2.43. The summed E-state index contributed by atoms with van der Waals surface area (Å²) in [6.45, 7) is 1.02. The summed E-state index contributed by atoms with van der Waals surface area (Å²) >= 11 is 1.98. The Morgan fingerprint density at radius 3 is 3.04 bits per heavy atom. The van der Waals surface area contributed by atoms with Crippen LogP contribution >= 0.6 is 11.8 Å². The number of benzene rings is 1. The summed E-state index contributed by atoms with van der Waals surface area (Å²) in [5, 5.41) is 9.72. The highest BCUT2D eigenvalue weighted by Crippen LogP contribution is 2.25. The monoisotopic (exact) mass is 330 g/mol. The topological polar surface area (TPSA) is 65.5 Å². The molecule has 23 heavy (non-hydrogen) atoms. The molecule has 0 bridgehead atoms. The summed E-state index contributed by atoms with van der Waals surface area (Å²) in [4.78, 5) is 16.1. The lowest BCUT2D eigenvalue weighted by Gasteiger charge is -2.14. The molecule has 1 amide bonds. The third-order valence-electron chi connectivity index (χ3n) is 3.47. The highest BCUT2D eigenvalue weighted by atomic mass is 32.2. The van der Waals surface area contributed by atoms with Crippen LogP contribution in [0.3, 0.4) is 0 Å². The van der Waals surface area contributed by atoms with Crippen LogP contribution in [0.25, 0.3) is 0 Å². The summed E-state index contributed by atoms with van der Waals surface area (Å²) in [6.07, 6.45) is 7.87. The van der Waals surface area contributed by atoms with E-state index in [1.165, 1.54) is 18.6 Å². The SMILES string of the molecule is C#Cc1cccc(NC(=O)CNC(=NC)NCC2CCCS2)c1. The number of nitrogens with zero attached hydrogens (tertiary/aromatic N) is 1. The van der Waals surface area contributed by atoms with Gasteiger partial charge in [-0.05, 0) is 36.8 Å². The van der Waals surface area contributed by atoms with Gasteiger partial charge in [0.05, 0.1) is 6.54 Å². The van der Waals surface area contributed by atoms with Gasteiger partial charge in [0, 0.05) is 30.1 Å². The van der Waals surface area contributed by atoms with Crippen LogP contribution in [-0.2, 0) is 4.79 Å². The smallest absolute Gasteiger partial charge is 0.243 e. The fourth-order valence-corrected chi connectivity index (χ4v) is 3.49. The van der Waals surface area contributed by atoms with Crippen LogP contribution in [0.5, 0.6) is 0 Å². The molecule has 1 unspecified atom stereocenters. The van der Waals surface area contributed by atoms with Crippen molar-refractivity contribution in [2.45, 2.75) is 18.1 Å². The van der Waals surface area contributed by atoms with Gasteiger partial charge in [0.25, 0.3) is 0 Å². The Labute approximate surface area is 141 Å². The Bertz CT molecular complexity index is 603. The number of amides is 1. The molecule has 1 aromatic carbocycles. The summed E-state index contributed by atoms with van der Waals surface area (Å²) in [5.41, 5.74) is 1.43. The first kappa shape index (κ1) is 17.2. The zero-order valence-corrected chi connectivity index (χ0v) is 14.1. The van der Waals surface area contributed by atoms with Crippen LogP contribution < -0.4 is 16.0 Å². The molecule has 1 heterocycles. The molecule has 0 aliphatic carbocycles. The third kappa shape index (κ3) is 5.87. The van der Waals surface area contributed by atoms with E-state index in [1.807, 2.05) is 30.0 Å². The zero-order valence-electron chi connectivity index (χ0n) is 13.3. The number of hydrogen-bond acceptors (Lipinski definition) is 3. The molecule has 6 heteroatoms. The maximum absolute atomic E-state index is 12.0. The number of thioether (sulfide) groups is 1. The number of terminal acetylenes is 1. The Balaban J connectivity index is 1.74. The van der Waals surface area contributed by atoms with Crippen LogP contribution in [0.15, 0.2) is 29.3 Å². The lowest BCUT2D eigenvalue weighted by atomic mass is 10.2. The number of carbonyl (C=O) groups is 1. The second-order valence-electron chi connectivity index (χ2n) is 5.22. The van der Waals surface area contributed by atoms with E-state index in [9.17, 15) is 4.79 Å². The molecule has 1 aliphatic heterocycles. The molecule has 0 saturated carbocycles. The van der Waals surface area contributed by atoms with Crippen molar-refractivity contribution in [2.75, 3.05) is 31.2 Å². The van der Waals surface area contributed by atoms with Crippen molar-refractivity contribution in [1.29, 1.82) is 0 Å². The first-order valence-electron chi connectivity index (χ1n) is 7.64. The Hall–Kier alpha value is -2.13. The molecule has 1 saturated heterocycles. The van der Waals surface area contributed by atoms with Crippen LogP contribution in [0.4, 0.5) is 5.69 Å². The number of guanidine groups is 1. The Kier molecular flexibility index (Phi) is 6.82. The number of anilines is 1. The normalized spacial score (nSPS) is 17.4. The second kappa shape index (κ2) is 9.11. The van der Waals surface area contributed by atoms with Crippen molar-refractivity contribution in [3.05, 3.63) is 29.8 Å².